The molecular formula is C22H38N2O4. The van der Waals surface area contributed by atoms with Gasteiger partial charge >= 0.3 is 0 Å². The molecule has 0 bridgehead atoms. The lowest BCUT2D eigenvalue weighted by atomic mass is 10.00. The van der Waals surface area contributed by atoms with E-state index in [1.165, 1.54) is 5.56 Å². The fourth-order valence-corrected chi connectivity index (χ4v) is 3.46. The Morgan fingerprint density at radius 1 is 1.18 bits per heavy atom. The van der Waals surface area contributed by atoms with Gasteiger partial charge in [-0.1, -0.05) is 6.07 Å². The van der Waals surface area contributed by atoms with Crippen LogP contribution in [0.25, 0.3) is 0 Å². The summed E-state index contributed by atoms with van der Waals surface area (Å²) in [6, 6.07) is 6.43. The van der Waals surface area contributed by atoms with Gasteiger partial charge in [0.1, 0.15) is 12.7 Å². The van der Waals surface area contributed by atoms with Crippen LogP contribution in [-0.4, -0.2) is 81.2 Å². The number of hydrogen-bond donors (Lipinski definition) is 1. The van der Waals surface area contributed by atoms with Crippen LogP contribution in [0.5, 0.6) is 11.5 Å². The van der Waals surface area contributed by atoms with Crippen molar-refractivity contribution in [3.8, 4) is 11.5 Å². The highest BCUT2D eigenvalue weighted by molar-refractivity contribution is 5.43. The Morgan fingerprint density at radius 2 is 1.89 bits per heavy atom. The van der Waals surface area contributed by atoms with Crippen LogP contribution in [0.3, 0.4) is 0 Å². The largest absolute Gasteiger partial charge is 0.493 e. The number of aliphatic hydroxyl groups excluding tert-OH is 1. The Bertz CT molecular complexity index is 576. The number of ether oxygens (including phenoxy) is 3. The van der Waals surface area contributed by atoms with Crippen molar-refractivity contribution >= 4 is 0 Å². The summed E-state index contributed by atoms with van der Waals surface area (Å²) in [4.78, 5) is 4.46. The quantitative estimate of drug-likeness (QED) is 0.623. The topological polar surface area (TPSA) is 54.4 Å². The lowest BCUT2D eigenvalue weighted by Gasteiger charge is -2.27. The van der Waals surface area contributed by atoms with Crippen molar-refractivity contribution < 1.29 is 19.3 Å². The molecule has 1 aromatic carbocycles. The number of nitrogens with zero attached hydrogens (tertiary/aromatic N) is 2. The summed E-state index contributed by atoms with van der Waals surface area (Å²) in [7, 11) is 5.81. The maximum absolute atomic E-state index is 10.2. The predicted molar refractivity (Wildman–Crippen MR) is 112 cm³/mol. The minimum atomic E-state index is -0.539. The summed E-state index contributed by atoms with van der Waals surface area (Å²) in [6.07, 6.45) is 1.76. The summed E-state index contributed by atoms with van der Waals surface area (Å²) in [5, 5.41) is 10.2. The highest BCUT2D eigenvalue weighted by Gasteiger charge is 2.17. The van der Waals surface area contributed by atoms with Crippen LogP contribution in [0.15, 0.2) is 18.2 Å². The highest BCUT2D eigenvalue weighted by Crippen LogP contribution is 2.29. The molecular weight excluding hydrogens is 356 g/mol. The van der Waals surface area contributed by atoms with Crippen molar-refractivity contribution in [3.63, 3.8) is 0 Å². The van der Waals surface area contributed by atoms with E-state index in [2.05, 4.69) is 36.8 Å². The fourth-order valence-electron chi connectivity index (χ4n) is 3.46. The van der Waals surface area contributed by atoms with Crippen LogP contribution in [0.1, 0.15) is 32.3 Å². The molecule has 2 rings (SSSR count). The molecule has 1 fully saturated rings. The number of methoxy groups -OCH3 is 1. The predicted octanol–water partition coefficient (Wildman–Crippen LogP) is 2.63. The summed E-state index contributed by atoms with van der Waals surface area (Å²) < 4.78 is 16.8. The molecule has 28 heavy (non-hydrogen) atoms. The minimum absolute atomic E-state index is 0.246. The van der Waals surface area contributed by atoms with Gasteiger partial charge in [0.25, 0.3) is 0 Å². The van der Waals surface area contributed by atoms with Gasteiger partial charge < -0.3 is 29.1 Å². The van der Waals surface area contributed by atoms with Gasteiger partial charge in [0.15, 0.2) is 11.5 Å². The zero-order valence-electron chi connectivity index (χ0n) is 18.2. The molecule has 0 radical (unpaired) electrons. The lowest BCUT2D eigenvalue weighted by Crippen LogP contribution is -2.36. The third-order valence-electron chi connectivity index (χ3n) is 5.40. The van der Waals surface area contributed by atoms with E-state index < -0.39 is 6.10 Å². The molecule has 0 amide bonds. The van der Waals surface area contributed by atoms with E-state index in [0.717, 1.165) is 39.1 Å². The maximum Gasteiger partial charge on any atom is 0.161 e. The molecule has 0 unspecified atom stereocenters. The second kappa shape index (κ2) is 11.6. The third kappa shape index (κ3) is 7.59. The number of hydrogen-bond acceptors (Lipinski definition) is 6. The minimum Gasteiger partial charge on any atom is -0.493 e. The van der Waals surface area contributed by atoms with E-state index >= 15 is 0 Å². The Hall–Kier alpha value is -1.34. The van der Waals surface area contributed by atoms with E-state index in [1.807, 2.05) is 19.2 Å². The molecule has 1 aromatic rings. The second-order valence-electron chi connectivity index (χ2n) is 8.24. The molecule has 1 saturated heterocycles. The first-order valence-corrected chi connectivity index (χ1v) is 10.3. The molecule has 0 spiro atoms. The number of benzene rings is 1. The molecule has 6 nitrogen and oxygen atoms in total. The van der Waals surface area contributed by atoms with E-state index in [4.69, 9.17) is 14.2 Å². The van der Waals surface area contributed by atoms with Crippen LogP contribution < -0.4 is 9.47 Å². The van der Waals surface area contributed by atoms with Crippen LogP contribution in [0, 0.1) is 5.92 Å². The Labute approximate surface area is 170 Å². The standard InChI is InChI=1S/C22H38N2O4/c1-17(2)24(4)15-20(25)16-28-21-7-6-19(12-22(21)26-5)14-23(3)13-18-8-10-27-11-9-18/h6-7,12,17-18,20,25H,8-11,13-16H2,1-5H3/t20-/m1/s1. The molecule has 1 aliphatic rings. The monoisotopic (exact) mass is 394 g/mol. The Kier molecular flexibility index (Phi) is 9.51. The number of aliphatic hydroxyl groups is 1. The summed E-state index contributed by atoms with van der Waals surface area (Å²) in [6.45, 7) is 8.76. The average Bonchev–Trinajstić information content (AvgIpc) is 2.67. The molecule has 1 heterocycles. The van der Waals surface area contributed by atoms with Gasteiger partial charge in [0, 0.05) is 38.9 Å². The van der Waals surface area contributed by atoms with E-state index in [-0.39, 0.29) is 6.61 Å². The number of rotatable bonds is 11. The van der Waals surface area contributed by atoms with Gasteiger partial charge in [-0.15, -0.1) is 0 Å². The first kappa shape index (κ1) is 22.9. The molecule has 1 atom stereocenters. The summed E-state index contributed by atoms with van der Waals surface area (Å²) in [5.41, 5.74) is 1.19. The molecule has 0 saturated carbocycles. The van der Waals surface area contributed by atoms with Crippen molar-refractivity contribution in [2.75, 3.05) is 54.1 Å². The third-order valence-corrected chi connectivity index (χ3v) is 5.40. The van der Waals surface area contributed by atoms with E-state index in [9.17, 15) is 5.11 Å². The highest BCUT2D eigenvalue weighted by atomic mass is 16.5. The van der Waals surface area contributed by atoms with Gasteiger partial charge in [-0.05, 0) is 64.4 Å². The van der Waals surface area contributed by atoms with Crippen LogP contribution >= 0.6 is 0 Å². The normalized spacial score (nSPS) is 16.8. The SMILES string of the molecule is COc1cc(CN(C)CC2CCOCC2)ccc1OC[C@H](O)CN(C)C(C)C. The maximum atomic E-state index is 10.2. The molecule has 6 heteroatoms. The van der Waals surface area contributed by atoms with Crippen molar-refractivity contribution in [2.24, 2.45) is 5.92 Å². The van der Waals surface area contributed by atoms with Gasteiger partial charge in [-0.25, -0.2) is 0 Å². The zero-order chi connectivity index (χ0) is 20.5. The summed E-state index contributed by atoms with van der Waals surface area (Å²) >= 11 is 0. The van der Waals surface area contributed by atoms with E-state index in [1.54, 1.807) is 7.11 Å². The van der Waals surface area contributed by atoms with Crippen LogP contribution in [0.2, 0.25) is 0 Å². The van der Waals surface area contributed by atoms with Gasteiger partial charge in [0.2, 0.25) is 0 Å². The Morgan fingerprint density at radius 3 is 2.54 bits per heavy atom. The zero-order valence-corrected chi connectivity index (χ0v) is 18.2. The van der Waals surface area contributed by atoms with Crippen LogP contribution in [0.4, 0.5) is 0 Å². The number of likely N-dealkylation sites (N-methyl/N-ethyl adjacent to an activating group) is 1. The Balaban J connectivity index is 1.86. The molecule has 0 aromatic heterocycles. The molecule has 1 aliphatic heterocycles. The van der Waals surface area contributed by atoms with Gasteiger partial charge in [-0.3, -0.25) is 0 Å². The van der Waals surface area contributed by atoms with Gasteiger partial charge in [-0.2, -0.15) is 0 Å². The molecule has 1 N–H and O–H groups in total. The summed E-state index contributed by atoms with van der Waals surface area (Å²) in [5.74, 6) is 2.10. The molecule has 0 aliphatic carbocycles. The second-order valence-corrected chi connectivity index (χ2v) is 8.24. The van der Waals surface area contributed by atoms with Gasteiger partial charge in [0.05, 0.1) is 7.11 Å². The fraction of sp³-hybridized carbons (Fsp3) is 0.727. The first-order chi connectivity index (χ1) is 13.4. The van der Waals surface area contributed by atoms with Crippen LogP contribution in [-0.2, 0) is 11.3 Å². The molecule has 160 valence electrons. The smallest absolute Gasteiger partial charge is 0.161 e. The average molecular weight is 395 g/mol. The van der Waals surface area contributed by atoms with E-state index in [0.29, 0.717) is 30.0 Å². The van der Waals surface area contributed by atoms with Crippen molar-refractivity contribution in [2.45, 2.75) is 45.4 Å². The van der Waals surface area contributed by atoms with Crippen molar-refractivity contribution in [1.29, 1.82) is 0 Å². The lowest BCUT2D eigenvalue weighted by molar-refractivity contribution is 0.0549. The van der Waals surface area contributed by atoms with Crippen molar-refractivity contribution in [3.05, 3.63) is 23.8 Å². The van der Waals surface area contributed by atoms with Crippen molar-refractivity contribution in [1.82, 2.24) is 9.80 Å². The first-order valence-electron chi connectivity index (χ1n) is 10.3.